The van der Waals surface area contributed by atoms with Crippen LogP contribution in [0.25, 0.3) is 0 Å². The molecule has 0 spiro atoms. The van der Waals surface area contributed by atoms with Crippen LogP contribution in [0.4, 0.5) is 5.13 Å². The minimum atomic E-state index is -0.239. The Labute approximate surface area is 155 Å². The number of rotatable bonds is 6. The van der Waals surface area contributed by atoms with Crippen LogP contribution in [0.1, 0.15) is 55.7 Å². The van der Waals surface area contributed by atoms with Gasteiger partial charge in [-0.25, -0.2) is 0 Å². The van der Waals surface area contributed by atoms with Gasteiger partial charge in [0, 0.05) is 10.4 Å². The van der Waals surface area contributed by atoms with Gasteiger partial charge >= 0.3 is 0 Å². The van der Waals surface area contributed by atoms with E-state index in [-0.39, 0.29) is 12.5 Å². The summed E-state index contributed by atoms with van der Waals surface area (Å²) in [6.45, 7) is 10.2. The van der Waals surface area contributed by atoms with Crippen LogP contribution in [0.2, 0.25) is 0 Å². The summed E-state index contributed by atoms with van der Waals surface area (Å²) in [6.07, 6.45) is 0. The molecule has 0 saturated carbocycles. The molecule has 0 unspecified atom stereocenters. The molecule has 0 aliphatic rings. The number of carbonyl (C=O) groups excluding carboxylic acids is 1. The Morgan fingerprint density at radius 1 is 1.25 bits per heavy atom. The van der Waals surface area contributed by atoms with Gasteiger partial charge in [0.2, 0.25) is 5.13 Å². The summed E-state index contributed by atoms with van der Waals surface area (Å²) in [5.74, 6) is 1.10. The molecular weight excluding hydrogens is 390 g/mol. The molecule has 130 valence electrons. The van der Waals surface area contributed by atoms with E-state index in [9.17, 15) is 4.79 Å². The van der Waals surface area contributed by atoms with E-state index in [2.05, 4.69) is 45.3 Å². The van der Waals surface area contributed by atoms with Crippen molar-refractivity contribution in [1.82, 2.24) is 10.2 Å². The van der Waals surface area contributed by atoms with Crippen molar-refractivity contribution in [1.29, 1.82) is 0 Å². The zero-order valence-corrected chi connectivity index (χ0v) is 16.9. The quantitative estimate of drug-likeness (QED) is 0.735. The van der Waals surface area contributed by atoms with E-state index in [1.165, 1.54) is 11.3 Å². The molecule has 2 aromatic rings. The number of amides is 1. The summed E-state index contributed by atoms with van der Waals surface area (Å²) in [7, 11) is 0. The lowest BCUT2D eigenvalue weighted by Gasteiger charge is -2.15. The SMILES string of the molecule is Cc1cc(OCC(=O)Nc2nnc(C(C)C)s2)c(C(C)C)cc1Br. The third kappa shape index (κ3) is 4.77. The van der Waals surface area contributed by atoms with Gasteiger partial charge in [-0.3, -0.25) is 10.1 Å². The number of hydrogen-bond donors (Lipinski definition) is 1. The first-order chi connectivity index (χ1) is 11.3. The molecule has 0 aliphatic carbocycles. The first-order valence-electron chi connectivity index (χ1n) is 7.84. The minimum Gasteiger partial charge on any atom is -0.483 e. The average molecular weight is 412 g/mol. The second-order valence-electron chi connectivity index (χ2n) is 6.23. The van der Waals surface area contributed by atoms with Gasteiger partial charge in [-0.15, -0.1) is 10.2 Å². The number of ether oxygens (including phenoxy) is 1. The van der Waals surface area contributed by atoms with Crippen LogP contribution in [0.15, 0.2) is 16.6 Å². The third-order valence-corrected chi connectivity index (χ3v) is 5.45. The molecule has 24 heavy (non-hydrogen) atoms. The number of halogens is 1. The van der Waals surface area contributed by atoms with Gasteiger partial charge in [-0.1, -0.05) is 55.0 Å². The van der Waals surface area contributed by atoms with E-state index in [4.69, 9.17) is 4.74 Å². The van der Waals surface area contributed by atoms with Crippen LogP contribution < -0.4 is 10.1 Å². The highest BCUT2D eigenvalue weighted by Crippen LogP contribution is 2.32. The van der Waals surface area contributed by atoms with Crippen LogP contribution in [-0.4, -0.2) is 22.7 Å². The van der Waals surface area contributed by atoms with Crippen molar-refractivity contribution in [2.75, 3.05) is 11.9 Å². The Morgan fingerprint density at radius 3 is 2.54 bits per heavy atom. The number of nitrogens with one attached hydrogen (secondary N) is 1. The van der Waals surface area contributed by atoms with E-state index in [1.54, 1.807) is 0 Å². The van der Waals surface area contributed by atoms with E-state index in [0.29, 0.717) is 17.0 Å². The van der Waals surface area contributed by atoms with Crippen molar-refractivity contribution >= 4 is 38.3 Å². The first kappa shape index (κ1) is 18.9. The maximum Gasteiger partial charge on any atom is 0.264 e. The number of anilines is 1. The number of hydrogen-bond acceptors (Lipinski definition) is 5. The number of aromatic nitrogens is 2. The average Bonchev–Trinajstić information content (AvgIpc) is 2.96. The molecule has 7 heteroatoms. The van der Waals surface area contributed by atoms with Crippen molar-refractivity contribution in [2.24, 2.45) is 0 Å². The summed E-state index contributed by atoms with van der Waals surface area (Å²) >= 11 is 4.93. The molecule has 0 bridgehead atoms. The van der Waals surface area contributed by atoms with E-state index in [1.807, 2.05) is 32.9 Å². The number of aryl methyl sites for hydroxylation is 1. The summed E-state index contributed by atoms with van der Waals surface area (Å²) < 4.78 is 6.79. The lowest BCUT2D eigenvalue weighted by Crippen LogP contribution is -2.20. The molecule has 0 fully saturated rings. The Bertz CT molecular complexity index is 729. The number of nitrogens with zero attached hydrogens (tertiary/aromatic N) is 2. The summed E-state index contributed by atoms with van der Waals surface area (Å²) in [4.78, 5) is 12.1. The van der Waals surface area contributed by atoms with Gasteiger partial charge in [-0.05, 0) is 36.1 Å². The Morgan fingerprint density at radius 2 is 1.96 bits per heavy atom. The van der Waals surface area contributed by atoms with Crippen molar-refractivity contribution < 1.29 is 9.53 Å². The molecule has 1 amide bonds. The smallest absolute Gasteiger partial charge is 0.264 e. The predicted octanol–water partition coefficient (Wildman–Crippen LogP) is 4.87. The highest BCUT2D eigenvalue weighted by Gasteiger charge is 2.14. The molecule has 1 aromatic carbocycles. The highest BCUT2D eigenvalue weighted by atomic mass is 79.9. The van der Waals surface area contributed by atoms with Gasteiger partial charge in [0.25, 0.3) is 5.91 Å². The monoisotopic (exact) mass is 411 g/mol. The molecule has 1 aromatic heterocycles. The predicted molar refractivity (Wildman–Crippen MR) is 101 cm³/mol. The van der Waals surface area contributed by atoms with Crippen LogP contribution in [0, 0.1) is 6.92 Å². The molecule has 0 saturated heterocycles. The fourth-order valence-electron chi connectivity index (χ4n) is 2.06. The summed E-state index contributed by atoms with van der Waals surface area (Å²) in [6, 6.07) is 4.00. The van der Waals surface area contributed by atoms with Gasteiger partial charge in [-0.2, -0.15) is 0 Å². The van der Waals surface area contributed by atoms with Gasteiger partial charge in [0.1, 0.15) is 10.8 Å². The molecule has 1 heterocycles. The van der Waals surface area contributed by atoms with Gasteiger partial charge in [0.15, 0.2) is 6.61 Å². The maximum atomic E-state index is 12.1. The van der Waals surface area contributed by atoms with E-state index < -0.39 is 0 Å². The number of carbonyl (C=O) groups is 1. The van der Waals surface area contributed by atoms with Crippen LogP contribution in [0.5, 0.6) is 5.75 Å². The lowest BCUT2D eigenvalue weighted by atomic mass is 10.0. The molecule has 5 nitrogen and oxygen atoms in total. The zero-order chi connectivity index (χ0) is 17.9. The normalized spacial score (nSPS) is 11.2. The Balaban J connectivity index is 2.02. The summed E-state index contributed by atoms with van der Waals surface area (Å²) in [5, 5.41) is 12.2. The lowest BCUT2D eigenvalue weighted by molar-refractivity contribution is -0.118. The van der Waals surface area contributed by atoms with Crippen molar-refractivity contribution in [3.8, 4) is 5.75 Å². The molecule has 0 atom stereocenters. The molecule has 2 rings (SSSR count). The van der Waals surface area contributed by atoms with Gasteiger partial charge < -0.3 is 4.74 Å². The van der Waals surface area contributed by atoms with Crippen molar-refractivity contribution in [2.45, 2.75) is 46.5 Å². The van der Waals surface area contributed by atoms with Crippen LogP contribution >= 0.6 is 27.3 Å². The van der Waals surface area contributed by atoms with Gasteiger partial charge in [0.05, 0.1) is 0 Å². The standard InChI is InChI=1S/C17H22BrN3O2S/c1-9(2)12-7-13(18)11(5)6-14(12)23-8-15(22)19-17-21-20-16(24-17)10(3)4/h6-7,9-10H,8H2,1-5H3,(H,19,21,22). The Hall–Kier alpha value is -1.47. The van der Waals surface area contributed by atoms with E-state index in [0.717, 1.165) is 26.4 Å². The fraction of sp³-hybridized carbons (Fsp3) is 0.471. The van der Waals surface area contributed by atoms with Crippen molar-refractivity contribution in [3.05, 3.63) is 32.7 Å². The fourth-order valence-corrected chi connectivity index (χ4v) is 3.19. The third-order valence-electron chi connectivity index (χ3n) is 3.45. The topological polar surface area (TPSA) is 64.1 Å². The second kappa shape index (κ2) is 8.07. The number of benzene rings is 1. The molecule has 1 N–H and O–H groups in total. The highest BCUT2D eigenvalue weighted by molar-refractivity contribution is 9.10. The molecular formula is C17H22BrN3O2S. The molecule has 0 aliphatic heterocycles. The maximum absolute atomic E-state index is 12.1. The van der Waals surface area contributed by atoms with Crippen LogP contribution in [-0.2, 0) is 4.79 Å². The zero-order valence-electron chi connectivity index (χ0n) is 14.5. The van der Waals surface area contributed by atoms with Crippen molar-refractivity contribution in [3.63, 3.8) is 0 Å². The second-order valence-corrected chi connectivity index (χ2v) is 8.09. The Kier molecular flexibility index (Phi) is 6.34. The van der Waals surface area contributed by atoms with E-state index >= 15 is 0 Å². The largest absolute Gasteiger partial charge is 0.483 e. The minimum absolute atomic E-state index is 0.0582. The molecule has 0 radical (unpaired) electrons. The summed E-state index contributed by atoms with van der Waals surface area (Å²) in [5.41, 5.74) is 2.14. The first-order valence-corrected chi connectivity index (χ1v) is 9.45. The van der Waals surface area contributed by atoms with Crippen LogP contribution in [0.3, 0.4) is 0 Å².